The van der Waals surface area contributed by atoms with Crippen molar-refractivity contribution in [2.45, 2.75) is 0 Å². The lowest BCUT2D eigenvalue weighted by Crippen LogP contribution is -2.45. The van der Waals surface area contributed by atoms with Crippen molar-refractivity contribution >= 4 is 46.4 Å². The van der Waals surface area contributed by atoms with Crippen LogP contribution in [0, 0.1) is 10.1 Å². The molecule has 2 N–H and O–H groups in total. The molecule has 0 aliphatic carbocycles. The number of hydrogen-bond acceptors (Lipinski definition) is 9. The summed E-state index contributed by atoms with van der Waals surface area (Å²) >= 11 is 11.8. The Morgan fingerprint density at radius 2 is 2.00 bits per heavy atom. The standard InChI is InChI=1S/C17H19Cl2N7O4/c1-24-4-6-25(7-5-24)17-15(26(28)29)16(20-10-21-17)23-22-14(27)9-30-13-3-2-11(18)8-12(13)19/h2-3,8,10H,4-7,9H2,1H3,(H,22,27)(H,20,21,23). The zero-order valence-electron chi connectivity index (χ0n) is 16.0. The highest BCUT2D eigenvalue weighted by molar-refractivity contribution is 6.35. The predicted octanol–water partition coefficient (Wildman–Crippen LogP) is 1.97. The first-order chi connectivity index (χ1) is 14.3. The number of hydrogen-bond donors (Lipinski definition) is 2. The summed E-state index contributed by atoms with van der Waals surface area (Å²) in [6, 6.07) is 4.59. The van der Waals surface area contributed by atoms with Crippen molar-refractivity contribution in [1.82, 2.24) is 20.3 Å². The summed E-state index contributed by atoms with van der Waals surface area (Å²) in [7, 11) is 1.98. The fraction of sp³-hybridized carbons (Fsp3) is 0.353. The van der Waals surface area contributed by atoms with E-state index in [1.807, 2.05) is 11.9 Å². The summed E-state index contributed by atoms with van der Waals surface area (Å²) in [4.78, 5) is 35.1. The van der Waals surface area contributed by atoms with E-state index in [0.29, 0.717) is 18.1 Å². The molecule has 11 nitrogen and oxygen atoms in total. The number of piperazine rings is 1. The molecule has 160 valence electrons. The first-order valence-electron chi connectivity index (χ1n) is 8.90. The summed E-state index contributed by atoms with van der Waals surface area (Å²) in [5.41, 5.74) is 4.49. The largest absolute Gasteiger partial charge is 0.482 e. The first kappa shape index (κ1) is 21.8. The summed E-state index contributed by atoms with van der Waals surface area (Å²) in [6.07, 6.45) is 1.21. The molecule has 1 saturated heterocycles. The second-order valence-electron chi connectivity index (χ2n) is 6.48. The van der Waals surface area contributed by atoms with Crippen molar-refractivity contribution < 1.29 is 14.5 Å². The average molecular weight is 456 g/mol. The molecule has 0 atom stereocenters. The van der Waals surface area contributed by atoms with Crippen LogP contribution in [0.1, 0.15) is 0 Å². The molecule has 0 bridgehead atoms. The Morgan fingerprint density at radius 3 is 2.67 bits per heavy atom. The summed E-state index contributed by atoms with van der Waals surface area (Å²) in [5.74, 6) is -0.234. The molecule has 30 heavy (non-hydrogen) atoms. The van der Waals surface area contributed by atoms with Gasteiger partial charge in [-0.1, -0.05) is 23.2 Å². The molecule has 0 spiro atoms. The van der Waals surface area contributed by atoms with Gasteiger partial charge in [-0.05, 0) is 25.2 Å². The van der Waals surface area contributed by atoms with Crippen LogP contribution in [0.15, 0.2) is 24.5 Å². The smallest absolute Gasteiger partial charge is 0.355 e. The lowest BCUT2D eigenvalue weighted by atomic mass is 10.3. The maximum Gasteiger partial charge on any atom is 0.355 e. The normalized spacial score (nSPS) is 14.3. The van der Waals surface area contributed by atoms with E-state index < -0.39 is 10.8 Å². The van der Waals surface area contributed by atoms with Gasteiger partial charge < -0.3 is 14.5 Å². The number of ether oxygens (including phenoxy) is 1. The van der Waals surface area contributed by atoms with Gasteiger partial charge in [0.25, 0.3) is 5.91 Å². The van der Waals surface area contributed by atoms with Crippen molar-refractivity contribution in [2.24, 2.45) is 0 Å². The molecule has 1 aliphatic rings. The molecule has 1 fully saturated rings. The van der Waals surface area contributed by atoms with Crippen LogP contribution in [0.4, 0.5) is 17.3 Å². The Kier molecular flexibility index (Phi) is 7.08. The molecule has 0 radical (unpaired) electrons. The second-order valence-corrected chi connectivity index (χ2v) is 7.32. The Morgan fingerprint density at radius 1 is 1.27 bits per heavy atom. The molecule has 2 aromatic rings. The van der Waals surface area contributed by atoms with Crippen LogP contribution in [0.2, 0.25) is 10.0 Å². The van der Waals surface area contributed by atoms with Gasteiger partial charge in [-0.25, -0.2) is 9.97 Å². The van der Waals surface area contributed by atoms with E-state index >= 15 is 0 Å². The highest BCUT2D eigenvalue weighted by Crippen LogP contribution is 2.32. The van der Waals surface area contributed by atoms with Crippen LogP contribution >= 0.6 is 23.2 Å². The van der Waals surface area contributed by atoms with Crippen LogP contribution in [-0.4, -0.2) is 65.5 Å². The fourth-order valence-corrected chi connectivity index (χ4v) is 3.24. The van der Waals surface area contributed by atoms with Gasteiger partial charge in [0.1, 0.15) is 12.1 Å². The number of likely N-dealkylation sites (N-methyl/N-ethyl adjacent to an activating group) is 1. The van der Waals surface area contributed by atoms with Crippen LogP contribution in [0.3, 0.4) is 0 Å². The third-order valence-electron chi connectivity index (χ3n) is 4.36. The van der Waals surface area contributed by atoms with Crippen molar-refractivity contribution in [3.05, 3.63) is 44.7 Å². The number of halogens is 2. The number of amides is 1. The number of nitro groups is 1. The highest BCUT2D eigenvalue weighted by atomic mass is 35.5. The SMILES string of the molecule is CN1CCN(c2ncnc(NNC(=O)COc3ccc(Cl)cc3Cl)c2[N+](=O)[O-])CC1. The second kappa shape index (κ2) is 9.74. The van der Waals surface area contributed by atoms with E-state index in [0.717, 1.165) is 13.1 Å². The van der Waals surface area contributed by atoms with Gasteiger partial charge in [-0.15, -0.1) is 0 Å². The molecule has 13 heteroatoms. The lowest BCUT2D eigenvalue weighted by molar-refractivity contribution is -0.383. The molecular weight excluding hydrogens is 437 g/mol. The van der Waals surface area contributed by atoms with E-state index in [9.17, 15) is 14.9 Å². The molecule has 1 aromatic heterocycles. The van der Waals surface area contributed by atoms with E-state index in [4.69, 9.17) is 27.9 Å². The Balaban J connectivity index is 1.65. The Bertz CT molecular complexity index is 938. The van der Waals surface area contributed by atoms with E-state index in [1.165, 1.54) is 18.5 Å². The first-order valence-corrected chi connectivity index (χ1v) is 9.66. The third-order valence-corrected chi connectivity index (χ3v) is 4.89. The molecule has 0 unspecified atom stereocenters. The zero-order valence-corrected chi connectivity index (χ0v) is 17.5. The van der Waals surface area contributed by atoms with Gasteiger partial charge in [-0.2, -0.15) is 0 Å². The molecule has 1 aliphatic heterocycles. The number of nitrogens with zero attached hydrogens (tertiary/aromatic N) is 5. The zero-order chi connectivity index (χ0) is 21.7. The molecule has 2 heterocycles. The monoisotopic (exact) mass is 455 g/mol. The minimum Gasteiger partial charge on any atom is -0.482 e. The Hall–Kier alpha value is -2.89. The van der Waals surface area contributed by atoms with E-state index in [2.05, 4.69) is 25.7 Å². The number of benzene rings is 1. The number of carbonyl (C=O) groups excluding carboxylic acids is 1. The maximum atomic E-state index is 12.1. The van der Waals surface area contributed by atoms with Crippen LogP contribution in [0.5, 0.6) is 5.75 Å². The van der Waals surface area contributed by atoms with Gasteiger partial charge in [0.05, 0.1) is 9.95 Å². The summed E-state index contributed by atoms with van der Waals surface area (Å²) < 4.78 is 5.33. The van der Waals surface area contributed by atoms with Gasteiger partial charge in [0.15, 0.2) is 6.61 Å². The maximum absolute atomic E-state index is 12.1. The summed E-state index contributed by atoms with van der Waals surface area (Å²) in [5, 5.41) is 12.3. The molecule has 0 saturated carbocycles. The fourth-order valence-electron chi connectivity index (χ4n) is 2.78. The number of aromatic nitrogens is 2. The molecule has 3 rings (SSSR count). The van der Waals surface area contributed by atoms with Crippen LogP contribution in [0.25, 0.3) is 0 Å². The van der Waals surface area contributed by atoms with Gasteiger partial charge >= 0.3 is 5.69 Å². The van der Waals surface area contributed by atoms with Gasteiger partial charge in [0.2, 0.25) is 11.6 Å². The van der Waals surface area contributed by atoms with Gasteiger partial charge in [0, 0.05) is 31.2 Å². The number of hydrazine groups is 1. The topological polar surface area (TPSA) is 126 Å². The molecule has 1 amide bonds. The highest BCUT2D eigenvalue weighted by Gasteiger charge is 2.29. The minimum atomic E-state index is -0.588. The van der Waals surface area contributed by atoms with Crippen LogP contribution in [-0.2, 0) is 4.79 Å². The van der Waals surface area contributed by atoms with Crippen molar-refractivity contribution in [1.29, 1.82) is 0 Å². The molecule has 1 aromatic carbocycles. The van der Waals surface area contributed by atoms with E-state index in [-0.39, 0.29) is 34.7 Å². The number of anilines is 2. The van der Waals surface area contributed by atoms with Crippen molar-refractivity contribution in [2.75, 3.05) is 50.2 Å². The van der Waals surface area contributed by atoms with E-state index in [1.54, 1.807) is 6.07 Å². The number of nitrogens with one attached hydrogen (secondary N) is 2. The summed E-state index contributed by atoms with van der Waals surface area (Å²) in [6.45, 7) is 2.32. The molecular formula is C17H19Cl2N7O4. The average Bonchev–Trinajstić information content (AvgIpc) is 2.71. The quantitative estimate of drug-likeness (QED) is 0.475. The van der Waals surface area contributed by atoms with Crippen molar-refractivity contribution in [3.8, 4) is 5.75 Å². The number of rotatable bonds is 7. The van der Waals surface area contributed by atoms with Crippen LogP contribution < -0.4 is 20.5 Å². The third kappa shape index (κ3) is 5.38. The predicted molar refractivity (Wildman–Crippen MR) is 112 cm³/mol. The van der Waals surface area contributed by atoms with Gasteiger partial charge in [-0.3, -0.25) is 25.8 Å². The number of carbonyl (C=O) groups is 1. The minimum absolute atomic E-state index is 0.123. The lowest BCUT2D eigenvalue weighted by Gasteiger charge is -2.32. The van der Waals surface area contributed by atoms with Crippen molar-refractivity contribution in [3.63, 3.8) is 0 Å². The Labute approximate surface area is 182 Å².